The first-order valence-electron chi connectivity index (χ1n) is 9.09. The third-order valence-corrected chi connectivity index (χ3v) is 5.55. The molecule has 1 amide bonds. The number of hydrogen-bond acceptors (Lipinski definition) is 5. The van der Waals surface area contributed by atoms with Gasteiger partial charge in [0.2, 0.25) is 5.91 Å². The molecular formula is C21H20N4O2S. The minimum Gasteiger partial charge on any atom is -0.461 e. The van der Waals surface area contributed by atoms with Crippen molar-refractivity contribution in [3.63, 3.8) is 0 Å². The Labute approximate surface area is 167 Å². The van der Waals surface area contributed by atoms with Gasteiger partial charge in [0, 0.05) is 17.6 Å². The molecule has 1 atom stereocenters. The van der Waals surface area contributed by atoms with Crippen molar-refractivity contribution in [2.75, 3.05) is 5.32 Å². The first-order valence-corrected chi connectivity index (χ1v) is 9.97. The van der Waals surface area contributed by atoms with Crippen LogP contribution in [-0.4, -0.2) is 25.9 Å². The van der Waals surface area contributed by atoms with Crippen LogP contribution in [0.1, 0.15) is 13.8 Å². The Morgan fingerprint density at radius 2 is 1.96 bits per heavy atom. The number of rotatable bonds is 6. The van der Waals surface area contributed by atoms with E-state index in [1.807, 2.05) is 73.0 Å². The maximum atomic E-state index is 12.8. The maximum Gasteiger partial charge on any atom is 0.237 e. The van der Waals surface area contributed by atoms with E-state index >= 15 is 0 Å². The first-order chi connectivity index (χ1) is 13.7. The molecule has 28 heavy (non-hydrogen) atoms. The molecular weight excluding hydrogens is 372 g/mol. The van der Waals surface area contributed by atoms with E-state index in [0.29, 0.717) is 23.3 Å². The predicted octanol–water partition coefficient (Wildman–Crippen LogP) is 4.83. The van der Waals surface area contributed by atoms with E-state index in [9.17, 15) is 4.79 Å². The number of furan rings is 1. The van der Waals surface area contributed by atoms with Crippen LogP contribution in [-0.2, 0) is 11.3 Å². The lowest BCUT2D eigenvalue weighted by Crippen LogP contribution is -2.23. The van der Waals surface area contributed by atoms with Gasteiger partial charge < -0.3 is 9.73 Å². The molecule has 0 saturated heterocycles. The summed E-state index contributed by atoms with van der Waals surface area (Å²) in [6.07, 6.45) is 1.61. The van der Waals surface area contributed by atoms with Crippen molar-refractivity contribution < 1.29 is 9.21 Å². The number of hydrogen-bond donors (Lipinski definition) is 1. The summed E-state index contributed by atoms with van der Waals surface area (Å²) >= 11 is 1.38. The lowest BCUT2D eigenvalue weighted by Gasteiger charge is -2.14. The highest BCUT2D eigenvalue weighted by Crippen LogP contribution is 2.28. The van der Waals surface area contributed by atoms with Gasteiger partial charge in [-0.3, -0.25) is 9.36 Å². The molecule has 4 rings (SSSR count). The fraction of sp³-hybridized carbons (Fsp3) is 0.190. The molecule has 0 saturated carbocycles. The third kappa shape index (κ3) is 3.53. The lowest BCUT2D eigenvalue weighted by atomic mass is 10.1. The van der Waals surface area contributed by atoms with Gasteiger partial charge in [-0.15, -0.1) is 10.2 Å². The summed E-state index contributed by atoms with van der Waals surface area (Å²) in [5, 5.41) is 14.0. The highest BCUT2D eigenvalue weighted by atomic mass is 32.2. The van der Waals surface area contributed by atoms with Crippen molar-refractivity contribution in [3.05, 3.63) is 60.9 Å². The summed E-state index contributed by atoms with van der Waals surface area (Å²) < 4.78 is 7.39. The van der Waals surface area contributed by atoms with Gasteiger partial charge in [0.25, 0.3) is 0 Å². The molecule has 0 aliphatic carbocycles. The molecule has 7 heteroatoms. The Balaban J connectivity index is 1.52. The average Bonchev–Trinajstić information content (AvgIpc) is 3.37. The molecule has 0 radical (unpaired) electrons. The van der Waals surface area contributed by atoms with E-state index < -0.39 is 0 Å². The topological polar surface area (TPSA) is 73.0 Å². The fourth-order valence-electron chi connectivity index (χ4n) is 3.03. The minimum atomic E-state index is -0.335. The van der Waals surface area contributed by atoms with Crippen LogP contribution >= 0.6 is 11.8 Å². The fourth-order valence-corrected chi connectivity index (χ4v) is 3.94. The smallest absolute Gasteiger partial charge is 0.237 e. The van der Waals surface area contributed by atoms with Gasteiger partial charge in [0.05, 0.1) is 11.5 Å². The molecule has 2 aromatic carbocycles. The normalized spacial score (nSPS) is 12.2. The van der Waals surface area contributed by atoms with Crippen molar-refractivity contribution in [3.8, 4) is 11.6 Å². The van der Waals surface area contributed by atoms with Gasteiger partial charge in [0.15, 0.2) is 16.7 Å². The minimum absolute atomic E-state index is 0.0773. The monoisotopic (exact) mass is 392 g/mol. The van der Waals surface area contributed by atoms with Gasteiger partial charge in [-0.1, -0.05) is 48.2 Å². The van der Waals surface area contributed by atoms with E-state index in [1.54, 1.807) is 6.26 Å². The molecule has 2 heterocycles. The zero-order valence-electron chi connectivity index (χ0n) is 15.6. The summed E-state index contributed by atoms with van der Waals surface area (Å²) in [6.45, 7) is 4.57. The van der Waals surface area contributed by atoms with Crippen molar-refractivity contribution in [1.29, 1.82) is 0 Å². The Hall–Kier alpha value is -3.06. The number of carbonyl (C=O) groups excluding carboxylic acids is 1. The van der Waals surface area contributed by atoms with Gasteiger partial charge in [-0.05, 0) is 37.4 Å². The highest BCUT2D eigenvalue weighted by molar-refractivity contribution is 8.00. The summed E-state index contributed by atoms with van der Waals surface area (Å²) in [5.74, 6) is 1.25. The lowest BCUT2D eigenvalue weighted by molar-refractivity contribution is -0.115. The van der Waals surface area contributed by atoms with Crippen LogP contribution in [0.2, 0.25) is 0 Å². The first kappa shape index (κ1) is 18.3. The summed E-state index contributed by atoms with van der Waals surface area (Å²) in [6, 6.07) is 17.5. The zero-order valence-corrected chi connectivity index (χ0v) is 16.4. The molecule has 0 aliphatic rings. The largest absolute Gasteiger partial charge is 0.461 e. The second-order valence-electron chi connectivity index (χ2n) is 6.30. The van der Waals surface area contributed by atoms with E-state index in [0.717, 1.165) is 16.5 Å². The Morgan fingerprint density at radius 3 is 2.75 bits per heavy atom. The van der Waals surface area contributed by atoms with Gasteiger partial charge in [-0.25, -0.2) is 0 Å². The molecule has 0 spiro atoms. The number of thioether (sulfide) groups is 1. The summed E-state index contributed by atoms with van der Waals surface area (Å²) in [5.41, 5.74) is 0.809. The number of aromatic nitrogens is 3. The molecule has 1 unspecified atom stereocenters. The summed E-state index contributed by atoms with van der Waals surface area (Å²) in [4.78, 5) is 12.8. The van der Waals surface area contributed by atoms with Gasteiger partial charge in [0.1, 0.15) is 0 Å². The number of nitrogens with one attached hydrogen (secondary N) is 1. The summed E-state index contributed by atoms with van der Waals surface area (Å²) in [7, 11) is 0. The molecule has 0 bridgehead atoms. The van der Waals surface area contributed by atoms with E-state index in [4.69, 9.17) is 4.42 Å². The van der Waals surface area contributed by atoms with Crippen LogP contribution in [0.15, 0.2) is 70.4 Å². The van der Waals surface area contributed by atoms with Crippen LogP contribution in [0.5, 0.6) is 0 Å². The van der Waals surface area contributed by atoms with Crippen LogP contribution in [0, 0.1) is 0 Å². The van der Waals surface area contributed by atoms with Crippen molar-refractivity contribution in [1.82, 2.24) is 14.8 Å². The van der Waals surface area contributed by atoms with E-state index in [-0.39, 0.29) is 11.2 Å². The van der Waals surface area contributed by atoms with Gasteiger partial charge >= 0.3 is 0 Å². The molecule has 2 aromatic heterocycles. The number of benzene rings is 2. The van der Waals surface area contributed by atoms with E-state index in [2.05, 4.69) is 15.5 Å². The maximum absolute atomic E-state index is 12.8. The number of anilines is 1. The average molecular weight is 392 g/mol. The second-order valence-corrected chi connectivity index (χ2v) is 7.61. The Morgan fingerprint density at radius 1 is 1.14 bits per heavy atom. The molecule has 6 nitrogen and oxygen atoms in total. The van der Waals surface area contributed by atoms with Crippen LogP contribution in [0.4, 0.5) is 5.69 Å². The predicted molar refractivity (Wildman–Crippen MR) is 111 cm³/mol. The number of nitrogens with zero attached hydrogens (tertiary/aromatic N) is 3. The number of amides is 1. The highest BCUT2D eigenvalue weighted by Gasteiger charge is 2.21. The molecule has 142 valence electrons. The van der Waals surface area contributed by atoms with E-state index in [1.165, 1.54) is 11.8 Å². The number of carbonyl (C=O) groups is 1. The molecule has 0 aliphatic heterocycles. The Bertz CT molecular complexity index is 1100. The van der Waals surface area contributed by atoms with Crippen LogP contribution in [0.25, 0.3) is 22.4 Å². The van der Waals surface area contributed by atoms with Crippen LogP contribution < -0.4 is 5.32 Å². The quantitative estimate of drug-likeness (QED) is 0.476. The second kappa shape index (κ2) is 7.90. The molecule has 4 aromatic rings. The van der Waals surface area contributed by atoms with Crippen molar-refractivity contribution in [2.24, 2.45) is 0 Å². The molecule has 0 fully saturated rings. The van der Waals surface area contributed by atoms with Crippen LogP contribution in [0.3, 0.4) is 0 Å². The SMILES string of the molecule is CCn1c(SC(C)C(=O)Nc2cccc3ccccc23)nnc1-c1ccco1. The van der Waals surface area contributed by atoms with Crippen molar-refractivity contribution in [2.45, 2.75) is 30.8 Å². The standard InChI is InChI=1S/C21H20N4O2S/c1-3-25-19(18-12-7-13-27-18)23-24-21(25)28-14(2)20(26)22-17-11-6-9-15-8-4-5-10-16(15)17/h4-14H,3H2,1-2H3,(H,22,26). The van der Waals surface area contributed by atoms with Gasteiger partial charge in [-0.2, -0.15) is 0 Å². The number of fused-ring (bicyclic) bond motifs is 1. The molecule has 1 N–H and O–H groups in total. The Kier molecular flexibility index (Phi) is 5.16. The van der Waals surface area contributed by atoms with Crippen molar-refractivity contribution >= 4 is 34.1 Å². The third-order valence-electron chi connectivity index (χ3n) is 4.47. The zero-order chi connectivity index (χ0) is 19.5.